The molecule has 1 aliphatic heterocycles. The van der Waals surface area contributed by atoms with Crippen molar-refractivity contribution in [2.75, 3.05) is 13.1 Å². The Bertz CT molecular complexity index is 452. The van der Waals surface area contributed by atoms with E-state index in [1.165, 1.54) is 18.7 Å². The van der Waals surface area contributed by atoms with Crippen LogP contribution in [0.5, 0.6) is 0 Å². The molecule has 1 atom stereocenters. The fourth-order valence-electron chi connectivity index (χ4n) is 2.96. The predicted molar refractivity (Wildman–Crippen MR) is 72.6 cm³/mol. The van der Waals surface area contributed by atoms with Crippen LogP contribution in [-0.4, -0.2) is 39.5 Å². The number of amides is 1. The van der Waals surface area contributed by atoms with E-state index in [9.17, 15) is 4.79 Å². The molecule has 2 fully saturated rings. The SMILES string of the molecule is CC(=O)NC1CCCN(Cc2nccn2C2CC2)C1. The van der Waals surface area contributed by atoms with Gasteiger partial charge in [-0.25, -0.2) is 4.98 Å². The maximum atomic E-state index is 11.1. The van der Waals surface area contributed by atoms with Gasteiger partial charge in [-0.15, -0.1) is 0 Å². The molecule has 2 heterocycles. The molecule has 1 N–H and O–H groups in total. The van der Waals surface area contributed by atoms with Crippen LogP contribution in [0.25, 0.3) is 0 Å². The van der Waals surface area contributed by atoms with Crippen LogP contribution in [0.3, 0.4) is 0 Å². The summed E-state index contributed by atoms with van der Waals surface area (Å²) in [5, 5.41) is 3.03. The van der Waals surface area contributed by atoms with Crippen molar-refractivity contribution in [2.45, 2.75) is 51.2 Å². The van der Waals surface area contributed by atoms with E-state index in [0.717, 1.165) is 32.5 Å². The van der Waals surface area contributed by atoms with Gasteiger partial charge in [0, 0.05) is 37.9 Å². The number of imidazole rings is 1. The number of carbonyl (C=O) groups excluding carboxylic acids is 1. The topological polar surface area (TPSA) is 50.2 Å². The smallest absolute Gasteiger partial charge is 0.217 e. The van der Waals surface area contributed by atoms with Crippen molar-refractivity contribution >= 4 is 5.91 Å². The normalized spacial score (nSPS) is 24.4. The lowest BCUT2D eigenvalue weighted by Gasteiger charge is -2.32. The Balaban J connectivity index is 1.59. The van der Waals surface area contributed by atoms with Crippen LogP contribution in [0.2, 0.25) is 0 Å². The van der Waals surface area contributed by atoms with E-state index in [2.05, 4.69) is 26.0 Å². The first-order chi connectivity index (χ1) is 9.22. The third kappa shape index (κ3) is 3.15. The quantitative estimate of drug-likeness (QED) is 0.890. The predicted octanol–water partition coefficient (Wildman–Crippen LogP) is 1.32. The van der Waals surface area contributed by atoms with E-state index in [0.29, 0.717) is 12.1 Å². The molecule has 1 saturated heterocycles. The second-order valence-electron chi connectivity index (χ2n) is 5.76. The highest BCUT2D eigenvalue weighted by atomic mass is 16.1. The Morgan fingerprint density at radius 2 is 2.32 bits per heavy atom. The first-order valence-corrected chi connectivity index (χ1v) is 7.23. The minimum Gasteiger partial charge on any atom is -0.352 e. The molecule has 0 aromatic carbocycles. The first-order valence-electron chi connectivity index (χ1n) is 7.23. The van der Waals surface area contributed by atoms with Crippen LogP contribution in [0.4, 0.5) is 0 Å². The minimum absolute atomic E-state index is 0.0753. The van der Waals surface area contributed by atoms with Gasteiger partial charge < -0.3 is 9.88 Å². The molecule has 19 heavy (non-hydrogen) atoms. The molecule has 1 amide bonds. The summed E-state index contributed by atoms with van der Waals surface area (Å²) in [4.78, 5) is 18.0. The monoisotopic (exact) mass is 262 g/mol. The second-order valence-corrected chi connectivity index (χ2v) is 5.76. The molecule has 0 radical (unpaired) electrons. The number of hydrogen-bond donors (Lipinski definition) is 1. The zero-order valence-electron chi connectivity index (χ0n) is 11.5. The highest BCUT2D eigenvalue weighted by Crippen LogP contribution is 2.35. The van der Waals surface area contributed by atoms with E-state index < -0.39 is 0 Å². The molecule has 1 saturated carbocycles. The molecule has 1 aromatic heterocycles. The molecule has 1 aliphatic carbocycles. The number of rotatable bonds is 4. The zero-order valence-corrected chi connectivity index (χ0v) is 11.5. The van der Waals surface area contributed by atoms with Crippen LogP contribution in [-0.2, 0) is 11.3 Å². The Labute approximate surface area is 114 Å². The van der Waals surface area contributed by atoms with Gasteiger partial charge in [0.15, 0.2) is 0 Å². The maximum absolute atomic E-state index is 11.1. The summed E-state index contributed by atoms with van der Waals surface area (Å²) in [5.74, 6) is 1.25. The molecule has 3 rings (SSSR count). The number of aromatic nitrogens is 2. The minimum atomic E-state index is 0.0753. The van der Waals surface area contributed by atoms with Gasteiger partial charge in [-0.3, -0.25) is 9.69 Å². The number of likely N-dealkylation sites (tertiary alicyclic amines) is 1. The summed E-state index contributed by atoms with van der Waals surface area (Å²) in [6.45, 7) is 4.54. The molecule has 5 nitrogen and oxygen atoms in total. The van der Waals surface area contributed by atoms with Gasteiger partial charge in [0.25, 0.3) is 0 Å². The lowest BCUT2D eigenvalue weighted by atomic mass is 10.1. The summed E-state index contributed by atoms with van der Waals surface area (Å²) in [5.41, 5.74) is 0. The molecule has 1 aromatic rings. The van der Waals surface area contributed by atoms with Crippen LogP contribution < -0.4 is 5.32 Å². The standard InChI is InChI=1S/C14H22N4O/c1-11(19)16-12-3-2-7-17(9-12)10-14-15-6-8-18(14)13-4-5-13/h6,8,12-13H,2-5,7,9-10H2,1H3,(H,16,19). The number of nitrogens with one attached hydrogen (secondary N) is 1. The highest BCUT2D eigenvalue weighted by Gasteiger charge is 2.27. The number of carbonyl (C=O) groups is 1. The summed E-state index contributed by atoms with van der Waals surface area (Å²) >= 11 is 0. The molecule has 0 spiro atoms. The van der Waals surface area contributed by atoms with Gasteiger partial charge in [-0.2, -0.15) is 0 Å². The molecular formula is C14H22N4O. The number of nitrogens with zero attached hydrogens (tertiary/aromatic N) is 3. The van der Waals surface area contributed by atoms with Crippen molar-refractivity contribution in [1.29, 1.82) is 0 Å². The maximum Gasteiger partial charge on any atom is 0.217 e. The Kier molecular flexibility index (Phi) is 3.55. The summed E-state index contributed by atoms with van der Waals surface area (Å²) in [6.07, 6.45) is 8.82. The molecule has 1 unspecified atom stereocenters. The highest BCUT2D eigenvalue weighted by molar-refractivity contribution is 5.73. The molecule has 5 heteroatoms. The number of hydrogen-bond acceptors (Lipinski definition) is 3. The van der Waals surface area contributed by atoms with Crippen LogP contribution in [0.1, 0.15) is 44.5 Å². The fourth-order valence-corrected chi connectivity index (χ4v) is 2.96. The fraction of sp³-hybridized carbons (Fsp3) is 0.714. The van der Waals surface area contributed by atoms with Crippen molar-refractivity contribution in [1.82, 2.24) is 19.8 Å². The van der Waals surface area contributed by atoms with Crippen molar-refractivity contribution in [3.63, 3.8) is 0 Å². The van der Waals surface area contributed by atoms with Gasteiger partial charge in [0.2, 0.25) is 5.91 Å². The van der Waals surface area contributed by atoms with E-state index >= 15 is 0 Å². The van der Waals surface area contributed by atoms with E-state index in [1.807, 2.05) is 6.20 Å². The van der Waals surface area contributed by atoms with Crippen molar-refractivity contribution in [3.05, 3.63) is 18.2 Å². The lowest BCUT2D eigenvalue weighted by Crippen LogP contribution is -2.47. The average molecular weight is 262 g/mol. The van der Waals surface area contributed by atoms with Gasteiger partial charge in [0.05, 0.1) is 6.54 Å². The van der Waals surface area contributed by atoms with Crippen LogP contribution in [0, 0.1) is 0 Å². The third-order valence-corrected chi connectivity index (χ3v) is 3.97. The molecular weight excluding hydrogens is 240 g/mol. The zero-order chi connectivity index (χ0) is 13.2. The summed E-state index contributed by atoms with van der Waals surface area (Å²) in [7, 11) is 0. The van der Waals surface area contributed by atoms with Crippen molar-refractivity contribution < 1.29 is 4.79 Å². The van der Waals surface area contributed by atoms with Crippen molar-refractivity contribution in [3.8, 4) is 0 Å². The second kappa shape index (κ2) is 5.33. The summed E-state index contributed by atoms with van der Waals surface area (Å²) < 4.78 is 2.32. The Morgan fingerprint density at radius 1 is 1.47 bits per heavy atom. The Hall–Kier alpha value is -1.36. The number of piperidine rings is 1. The van der Waals surface area contributed by atoms with Gasteiger partial charge in [-0.1, -0.05) is 0 Å². The summed E-state index contributed by atoms with van der Waals surface area (Å²) in [6, 6.07) is 0.990. The first kappa shape index (κ1) is 12.7. The lowest BCUT2D eigenvalue weighted by molar-refractivity contribution is -0.120. The van der Waals surface area contributed by atoms with E-state index in [1.54, 1.807) is 6.92 Å². The Morgan fingerprint density at radius 3 is 3.05 bits per heavy atom. The molecule has 104 valence electrons. The van der Waals surface area contributed by atoms with Crippen LogP contribution in [0.15, 0.2) is 12.4 Å². The van der Waals surface area contributed by atoms with Gasteiger partial charge >= 0.3 is 0 Å². The van der Waals surface area contributed by atoms with E-state index in [-0.39, 0.29) is 5.91 Å². The average Bonchev–Trinajstić information content (AvgIpc) is 3.10. The van der Waals surface area contributed by atoms with E-state index in [4.69, 9.17) is 0 Å². The van der Waals surface area contributed by atoms with Crippen LogP contribution >= 0.6 is 0 Å². The molecule has 2 aliphatic rings. The van der Waals surface area contributed by atoms with Gasteiger partial charge in [0.1, 0.15) is 5.82 Å². The molecule has 0 bridgehead atoms. The largest absolute Gasteiger partial charge is 0.352 e. The van der Waals surface area contributed by atoms with Gasteiger partial charge in [-0.05, 0) is 32.2 Å². The van der Waals surface area contributed by atoms with Crippen molar-refractivity contribution in [2.24, 2.45) is 0 Å². The third-order valence-electron chi connectivity index (χ3n) is 3.97.